The highest BCUT2D eigenvalue weighted by Crippen LogP contribution is 2.27. The zero-order chi connectivity index (χ0) is 20.0. The molecule has 0 fully saturated rings. The third kappa shape index (κ3) is 6.42. The molecule has 1 atom stereocenters. The average Bonchev–Trinajstić information content (AvgIpc) is 2.60. The van der Waals surface area contributed by atoms with Gasteiger partial charge in [-0.05, 0) is 42.5 Å². The zero-order valence-electron chi connectivity index (χ0n) is 14.5. The highest BCUT2D eigenvalue weighted by atomic mass is 32.2. The van der Waals surface area contributed by atoms with Gasteiger partial charge in [-0.15, -0.1) is 0 Å². The number of aryl methyl sites for hydroxylation is 1. The van der Waals surface area contributed by atoms with Crippen LogP contribution in [0.5, 0.6) is 0 Å². The molecule has 1 unspecified atom stereocenters. The van der Waals surface area contributed by atoms with Gasteiger partial charge in [-0.1, -0.05) is 12.1 Å². The smallest absolute Gasteiger partial charge is 0.262 e. The molecule has 0 aliphatic heterocycles. The van der Waals surface area contributed by atoms with Gasteiger partial charge in [0.2, 0.25) is 0 Å². The number of hydrogen-bond donors (Lipinski definition) is 0. The lowest BCUT2D eigenvalue weighted by molar-refractivity contribution is -0.385. The van der Waals surface area contributed by atoms with E-state index in [1.807, 2.05) is 0 Å². The fraction of sp³-hybridized carbons (Fsp3) is 0.294. The van der Waals surface area contributed by atoms with Gasteiger partial charge in [-0.2, -0.15) is 8.42 Å². The lowest BCUT2D eigenvalue weighted by atomic mass is 10.0. The summed E-state index contributed by atoms with van der Waals surface area (Å²) in [7, 11) is -3.72. The molecule has 144 valence electrons. The Bertz CT molecular complexity index is 909. The Morgan fingerprint density at radius 1 is 0.926 bits per heavy atom. The van der Waals surface area contributed by atoms with E-state index in [2.05, 4.69) is 0 Å². The summed E-state index contributed by atoms with van der Waals surface area (Å²) in [5.41, 5.74) is 1.31. The van der Waals surface area contributed by atoms with E-state index in [0.717, 1.165) is 11.8 Å². The van der Waals surface area contributed by atoms with Gasteiger partial charge in [0, 0.05) is 24.3 Å². The third-order valence-electron chi connectivity index (χ3n) is 3.85. The molecule has 0 saturated heterocycles. The molecule has 0 bridgehead atoms. The minimum Gasteiger partial charge on any atom is -0.262 e. The molecule has 27 heavy (non-hydrogen) atoms. The van der Waals surface area contributed by atoms with E-state index in [9.17, 15) is 28.6 Å². The van der Waals surface area contributed by atoms with Gasteiger partial charge < -0.3 is 0 Å². The molecule has 2 aromatic rings. The lowest BCUT2D eigenvalue weighted by Gasteiger charge is -2.16. The molecule has 0 saturated carbocycles. The van der Waals surface area contributed by atoms with Crippen LogP contribution in [0.25, 0.3) is 0 Å². The summed E-state index contributed by atoms with van der Waals surface area (Å²) in [6.45, 7) is 0. The van der Waals surface area contributed by atoms with Crippen molar-refractivity contribution in [1.29, 1.82) is 0 Å². The van der Waals surface area contributed by atoms with Crippen molar-refractivity contribution in [2.75, 3.05) is 6.26 Å². The van der Waals surface area contributed by atoms with Crippen molar-refractivity contribution < 1.29 is 22.4 Å². The molecule has 0 heterocycles. The van der Waals surface area contributed by atoms with Crippen LogP contribution in [0.1, 0.15) is 30.1 Å². The van der Waals surface area contributed by atoms with Crippen LogP contribution in [0.4, 0.5) is 11.4 Å². The number of nitrogens with zero attached hydrogens (tertiary/aromatic N) is 2. The van der Waals surface area contributed by atoms with Crippen LogP contribution in [0.15, 0.2) is 48.5 Å². The van der Waals surface area contributed by atoms with Crippen LogP contribution in [-0.2, 0) is 20.7 Å². The quantitative estimate of drug-likeness (QED) is 0.361. The fourth-order valence-corrected chi connectivity index (χ4v) is 3.20. The standard InChI is InChI=1S/C17H18N2O7S/c1-27(24,25)26-17(14-7-11-16(12-8-14)19(22)23)4-2-3-13-5-9-15(10-6-13)18(20)21/h5-12,17H,2-4H2,1H3. The number of nitro groups is 2. The first-order valence-electron chi connectivity index (χ1n) is 8.01. The Morgan fingerprint density at radius 3 is 1.85 bits per heavy atom. The van der Waals surface area contributed by atoms with Crippen molar-refractivity contribution in [1.82, 2.24) is 0 Å². The van der Waals surface area contributed by atoms with Gasteiger partial charge in [-0.25, -0.2) is 0 Å². The normalized spacial score (nSPS) is 12.5. The molecular weight excluding hydrogens is 376 g/mol. The van der Waals surface area contributed by atoms with Gasteiger partial charge in [0.15, 0.2) is 0 Å². The highest BCUT2D eigenvalue weighted by Gasteiger charge is 2.19. The van der Waals surface area contributed by atoms with Gasteiger partial charge in [0.1, 0.15) is 6.10 Å². The highest BCUT2D eigenvalue weighted by molar-refractivity contribution is 7.86. The first kappa shape index (κ1) is 20.5. The van der Waals surface area contributed by atoms with Crippen molar-refractivity contribution in [3.8, 4) is 0 Å². The largest absolute Gasteiger partial charge is 0.269 e. The molecule has 0 radical (unpaired) electrons. The van der Waals surface area contributed by atoms with Crippen LogP contribution >= 0.6 is 0 Å². The summed E-state index contributed by atoms with van der Waals surface area (Å²) in [6, 6.07) is 11.7. The second kappa shape index (κ2) is 8.69. The topological polar surface area (TPSA) is 130 Å². The molecule has 0 amide bonds. The SMILES string of the molecule is CS(=O)(=O)OC(CCCc1ccc([N+](=O)[O-])cc1)c1ccc([N+](=O)[O-])cc1. The Balaban J connectivity index is 2.06. The molecule has 2 aromatic carbocycles. The second-order valence-corrected chi connectivity index (χ2v) is 7.55. The van der Waals surface area contributed by atoms with E-state index in [0.29, 0.717) is 24.8 Å². The Kier molecular flexibility index (Phi) is 6.59. The van der Waals surface area contributed by atoms with E-state index in [-0.39, 0.29) is 11.4 Å². The predicted molar refractivity (Wildman–Crippen MR) is 97.8 cm³/mol. The molecular formula is C17H18N2O7S. The summed E-state index contributed by atoms with van der Waals surface area (Å²) in [5.74, 6) is 0. The third-order valence-corrected chi connectivity index (χ3v) is 4.43. The first-order chi connectivity index (χ1) is 12.7. The Labute approximate surface area is 156 Å². The molecule has 0 aliphatic rings. The minimum absolute atomic E-state index is 0.00270. The summed E-state index contributed by atoms with van der Waals surface area (Å²) >= 11 is 0. The molecule has 2 rings (SSSR count). The van der Waals surface area contributed by atoms with Gasteiger partial charge >= 0.3 is 0 Å². The van der Waals surface area contributed by atoms with Crippen LogP contribution in [0.2, 0.25) is 0 Å². The van der Waals surface area contributed by atoms with Gasteiger partial charge in [0.25, 0.3) is 21.5 Å². The number of nitro benzene ring substituents is 2. The summed E-state index contributed by atoms with van der Waals surface area (Å²) in [5, 5.41) is 21.4. The van der Waals surface area contributed by atoms with Crippen LogP contribution < -0.4 is 0 Å². The Morgan fingerprint density at radius 2 is 1.41 bits per heavy atom. The first-order valence-corrected chi connectivity index (χ1v) is 9.83. The minimum atomic E-state index is -3.72. The van der Waals surface area contributed by atoms with Crippen molar-refractivity contribution >= 4 is 21.5 Å². The van der Waals surface area contributed by atoms with E-state index in [4.69, 9.17) is 4.18 Å². The van der Waals surface area contributed by atoms with Crippen LogP contribution in [-0.4, -0.2) is 24.5 Å². The predicted octanol–water partition coefficient (Wildman–Crippen LogP) is 3.54. The van der Waals surface area contributed by atoms with E-state index in [1.54, 1.807) is 12.1 Å². The molecule has 9 nitrogen and oxygen atoms in total. The average molecular weight is 394 g/mol. The van der Waals surface area contributed by atoms with Crippen molar-refractivity contribution in [2.45, 2.75) is 25.4 Å². The number of benzene rings is 2. The summed E-state index contributed by atoms with van der Waals surface area (Å²) < 4.78 is 28.2. The lowest BCUT2D eigenvalue weighted by Crippen LogP contribution is -2.11. The van der Waals surface area contributed by atoms with Crippen molar-refractivity contribution in [2.24, 2.45) is 0 Å². The second-order valence-electron chi connectivity index (χ2n) is 5.95. The summed E-state index contributed by atoms with van der Waals surface area (Å²) in [4.78, 5) is 20.4. The monoisotopic (exact) mass is 394 g/mol. The molecule has 0 N–H and O–H groups in total. The van der Waals surface area contributed by atoms with Crippen LogP contribution in [0, 0.1) is 20.2 Å². The van der Waals surface area contributed by atoms with Crippen molar-refractivity contribution in [3.05, 3.63) is 79.9 Å². The van der Waals surface area contributed by atoms with Gasteiger partial charge in [-0.3, -0.25) is 24.4 Å². The maximum Gasteiger partial charge on any atom is 0.269 e. The van der Waals surface area contributed by atoms with E-state index < -0.39 is 26.1 Å². The Hall–Kier alpha value is -2.85. The molecule has 10 heteroatoms. The maximum atomic E-state index is 11.5. The molecule has 0 aromatic heterocycles. The molecule has 0 spiro atoms. The molecule has 0 aliphatic carbocycles. The maximum absolute atomic E-state index is 11.5. The van der Waals surface area contributed by atoms with Gasteiger partial charge in [0.05, 0.1) is 16.1 Å². The number of rotatable bonds is 9. The number of hydrogen-bond acceptors (Lipinski definition) is 7. The van der Waals surface area contributed by atoms with E-state index >= 15 is 0 Å². The summed E-state index contributed by atoms with van der Waals surface area (Å²) in [6.07, 6.45) is 1.69. The van der Waals surface area contributed by atoms with Crippen molar-refractivity contribution in [3.63, 3.8) is 0 Å². The zero-order valence-corrected chi connectivity index (χ0v) is 15.3. The van der Waals surface area contributed by atoms with Crippen LogP contribution in [0.3, 0.4) is 0 Å². The van der Waals surface area contributed by atoms with E-state index in [1.165, 1.54) is 36.4 Å². The number of non-ortho nitro benzene ring substituents is 2. The fourth-order valence-electron chi connectivity index (χ4n) is 2.57.